The van der Waals surface area contributed by atoms with Crippen molar-refractivity contribution < 1.29 is 9.18 Å². The summed E-state index contributed by atoms with van der Waals surface area (Å²) in [7, 11) is 0. The molecular formula is C17H13ClFN3OS. The van der Waals surface area contributed by atoms with Gasteiger partial charge in [-0.25, -0.2) is 14.4 Å². The predicted molar refractivity (Wildman–Crippen MR) is 95.7 cm³/mol. The lowest BCUT2D eigenvalue weighted by Crippen LogP contribution is -2.28. The summed E-state index contributed by atoms with van der Waals surface area (Å²) in [4.78, 5) is 22.9. The fourth-order valence-electron chi connectivity index (χ4n) is 2.17. The van der Waals surface area contributed by atoms with Crippen molar-refractivity contribution in [1.82, 2.24) is 9.88 Å². The number of hydrogen-bond acceptors (Lipinski definition) is 4. The Morgan fingerprint density at radius 1 is 1.33 bits per heavy atom. The van der Waals surface area contributed by atoms with Gasteiger partial charge in [-0.3, -0.25) is 9.69 Å². The Morgan fingerprint density at radius 3 is 2.83 bits per heavy atom. The van der Waals surface area contributed by atoms with Crippen molar-refractivity contribution >= 4 is 46.2 Å². The molecule has 2 heterocycles. The van der Waals surface area contributed by atoms with E-state index in [0.29, 0.717) is 27.9 Å². The molecule has 7 heteroatoms. The first-order valence-electron chi connectivity index (χ1n) is 7.25. The van der Waals surface area contributed by atoms with E-state index in [9.17, 15) is 9.18 Å². The summed E-state index contributed by atoms with van der Waals surface area (Å²) >= 11 is 7.21. The maximum atomic E-state index is 13.8. The molecule has 4 nitrogen and oxygen atoms in total. The maximum absolute atomic E-state index is 13.8. The van der Waals surface area contributed by atoms with Gasteiger partial charge in [-0.2, -0.15) is 0 Å². The van der Waals surface area contributed by atoms with Crippen LogP contribution in [0.4, 0.5) is 10.1 Å². The van der Waals surface area contributed by atoms with Gasteiger partial charge in [0.05, 0.1) is 4.91 Å². The van der Waals surface area contributed by atoms with Gasteiger partial charge in [-0.05, 0) is 43.0 Å². The quantitative estimate of drug-likeness (QED) is 0.597. The molecule has 0 aliphatic carbocycles. The van der Waals surface area contributed by atoms with Gasteiger partial charge in [0.1, 0.15) is 11.5 Å². The van der Waals surface area contributed by atoms with Gasteiger partial charge in [0.15, 0.2) is 10.3 Å². The highest BCUT2D eigenvalue weighted by Gasteiger charge is 2.32. The van der Waals surface area contributed by atoms with Crippen LogP contribution in [0.2, 0.25) is 5.15 Å². The SMILES string of the molecule is CCN1C(=O)/C(=C/c2ccccc2F)SC1=Nc1cccnc1Cl. The third-order valence-electron chi connectivity index (χ3n) is 3.35. The smallest absolute Gasteiger partial charge is 0.266 e. The highest BCUT2D eigenvalue weighted by Crippen LogP contribution is 2.35. The molecular weight excluding hydrogens is 349 g/mol. The minimum atomic E-state index is -0.373. The van der Waals surface area contributed by atoms with Crippen LogP contribution in [0.5, 0.6) is 0 Å². The molecule has 0 atom stereocenters. The third-order valence-corrected chi connectivity index (χ3v) is 4.65. The Bertz CT molecular complexity index is 853. The molecule has 122 valence electrons. The molecule has 2 aromatic rings. The lowest BCUT2D eigenvalue weighted by Gasteiger charge is -2.12. The second-order valence-corrected chi connectivity index (χ2v) is 6.26. The van der Waals surface area contributed by atoms with Gasteiger partial charge in [0.2, 0.25) is 0 Å². The highest BCUT2D eigenvalue weighted by molar-refractivity contribution is 8.18. The molecule has 1 aliphatic heterocycles. The zero-order chi connectivity index (χ0) is 17.1. The topological polar surface area (TPSA) is 45.6 Å². The van der Waals surface area contributed by atoms with Crippen LogP contribution in [0.1, 0.15) is 12.5 Å². The predicted octanol–water partition coefficient (Wildman–Crippen LogP) is 4.50. The lowest BCUT2D eigenvalue weighted by molar-refractivity contribution is -0.122. The number of likely N-dealkylation sites (N-methyl/N-ethyl adjacent to an activating group) is 1. The molecule has 1 aromatic carbocycles. The molecule has 24 heavy (non-hydrogen) atoms. The molecule has 0 radical (unpaired) electrons. The van der Waals surface area contributed by atoms with Crippen molar-refractivity contribution in [2.75, 3.05) is 6.54 Å². The molecule has 0 spiro atoms. The summed E-state index contributed by atoms with van der Waals surface area (Å²) in [6, 6.07) is 9.76. The van der Waals surface area contributed by atoms with Crippen molar-refractivity contribution in [3.8, 4) is 0 Å². The Balaban J connectivity index is 1.98. The van der Waals surface area contributed by atoms with E-state index >= 15 is 0 Å². The van der Waals surface area contributed by atoms with Gasteiger partial charge < -0.3 is 0 Å². The second-order valence-electron chi connectivity index (χ2n) is 4.89. The van der Waals surface area contributed by atoms with E-state index in [1.54, 1.807) is 42.6 Å². The van der Waals surface area contributed by atoms with Crippen LogP contribution in [0.25, 0.3) is 6.08 Å². The Labute approximate surface area is 148 Å². The number of amides is 1. The average molecular weight is 362 g/mol. The first-order chi connectivity index (χ1) is 11.6. The minimum Gasteiger partial charge on any atom is -0.287 e. The maximum Gasteiger partial charge on any atom is 0.266 e. The summed E-state index contributed by atoms with van der Waals surface area (Å²) in [6.45, 7) is 2.31. The zero-order valence-corrected chi connectivity index (χ0v) is 14.3. The van der Waals surface area contributed by atoms with Gasteiger partial charge in [0.25, 0.3) is 5.91 Å². The molecule has 1 aromatic heterocycles. The summed E-state index contributed by atoms with van der Waals surface area (Å²) < 4.78 is 13.8. The van der Waals surface area contributed by atoms with Crippen molar-refractivity contribution in [3.05, 3.63) is 64.0 Å². The van der Waals surface area contributed by atoms with Crippen LogP contribution in [-0.2, 0) is 4.79 Å². The highest BCUT2D eigenvalue weighted by atomic mass is 35.5. The van der Waals surface area contributed by atoms with Crippen LogP contribution in [0, 0.1) is 5.82 Å². The Hall–Kier alpha value is -2.18. The molecule has 3 rings (SSSR count). The van der Waals surface area contributed by atoms with Crippen molar-refractivity contribution in [2.45, 2.75) is 6.92 Å². The van der Waals surface area contributed by atoms with Crippen LogP contribution in [-0.4, -0.2) is 27.5 Å². The van der Waals surface area contributed by atoms with Crippen molar-refractivity contribution in [3.63, 3.8) is 0 Å². The van der Waals surface area contributed by atoms with E-state index < -0.39 is 0 Å². The summed E-state index contributed by atoms with van der Waals surface area (Å²) in [5, 5.41) is 0.764. The summed E-state index contributed by atoms with van der Waals surface area (Å²) in [5.41, 5.74) is 0.852. The molecule has 1 saturated heterocycles. The molecule has 1 amide bonds. The number of aliphatic imine (C=N–C) groups is 1. The van der Waals surface area contributed by atoms with Crippen molar-refractivity contribution in [2.24, 2.45) is 4.99 Å². The number of hydrogen-bond donors (Lipinski definition) is 0. The number of benzene rings is 1. The number of thioether (sulfide) groups is 1. The summed E-state index contributed by atoms with van der Waals surface area (Å²) in [5.74, 6) is -0.577. The van der Waals surface area contributed by atoms with Gasteiger partial charge >= 0.3 is 0 Å². The number of pyridine rings is 1. The molecule has 1 fully saturated rings. The average Bonchev–Trinajstić information content (AvgIpc) is 2.87. The second kappa shape index (κ2) is 7.15. The molecule has 1 aliphatic rings. The lowest BCUT2D eigenvalue weighted by atomic mass is 10.2. The normalized spacial score (nSPS) is 18.0. The number of aromatic nitrogens is 1. The van der Waals surface area contributed by atoms with Crippen LogP contribution < -0.4 is 0 Å². The number of halogens is 2. The number of carbonyl (C=O) groups excluding carboxylic acids is 1. The fraction of sp³-hybridized carbons (Fsp3) is 0.118. The van der Waals surface area contributed by atoms with Crippen LogP contribution in [0.15, 0.2) is 52.5 Å². The number of amidine groups is 1. The molecule has 0 bridgehead atoms. The first kappa shape index (κ1) is 16.7. The van der Waals surface area contributed by atoms with Crippen LogP contribution >= 0.6 is 23.4 Å². The van der Waals surface area contributed by atoms with E-state index in [4.69, 9.17) is 11.6 Å². The summed E-state index contributed by atoms with van der Waals surface area (Å²) in [6.07, 6.45) is 3.11. The standard InChI is InChI=1S/C17H13ClFN3OS/c1-2-22-16(23)14(10-11-6-3-4-7-12(11)19)24-17(22)21-13-8-5-9-20-15(13)18/h3-10H,2H2,1H3/b14-10-,21-17?. The van der Waals surface area contributed by atoms with Gasteiger partial charge in [-0.15, -0.1) is 0 Å². The molecule has 0 saturated carbocycles. The Kier molecular flexibility index (Phi) is 4.97. The van der Waals surface area contributed by atoms with E-state index in [2.05, 4.69) is 9.98 Å². The largest absolute Gasteiger partial charge is 0.287 e. The molecule has 0 N–H and O–H groups in total. The Morgan fingerprint density at radius 2 is 2.12 bits per heavy atom. The minimum absolute atomic E-state index is 0.204. The zero-order valence-electron chi connectivity index (χ0n) is 12.7. The van der Waals surface area contributed by atoms with E-state index in [1.807, 2.05) is 6.92 Å². The van der Waals surface area contributed by atoms with Gasteiger partial charge in [0, 0.05) is 18.3 Å². The first-order valence-corrected chi connectivity index (χ1v) is 8.44. The number of carbonyl (C=O) groups is 1. The number of rotatable bonds is 3. The van der Waals surface area contributed by atoms with Gasteiger partial charge in [-0.1, -0.05) is 29.8 Å². The van der Waals surface area contributed by atoms with E-state index in [0.717, 1.165) is 0 Å². The van der Waals surface area contributed by atoms with E-state index in [-0.39, 0.29) is 16.9 Å². The van der Waals surface area contributed by atoms with Crippen molar-refractivity contribution in [1.29, 1.82) is 0 Å². The number of nitrogens with zero attached hydrogens (tertiary/aromatic N) is 3. The molecule has 0 unspecified atom stereocenters. The monoisotopic (exact) mass is 361 g/mol. The fourth-order valence-corrected chi connectivity index (χ4v) is 3.38. The third kappa shape index (κ3) is 3.34. The van der Waals surface area contributed by atoms with Crippen LogP contribution in [0.3, 0.4) is 0 Å². The van der Waals surface area contributed by atoms with E-state index in [1.165, 1.54) is 22.7 Å².